The van der Waals surface area contributed by atoms with Crippen molar-refractivity contribution in [3.05, 3.63) is 0 Å². The van der Waals surface area contributed by atoms with Gasteiger partial charge in [0.1, 0.15) is 0 Å². The van der Waals surface area contributed by atoms with Gasteiger partial charge in [-0.2, -0.15) is 0 Å². The van der Waals surface area contributed by atoms with Crippen LogP contribution in [0.2, 0.25) is 0 Å². The van der Waals surface area contributed by atoms with Crippen LogP contribution in [0.5, 0.6) is 0 Å². The first kappa shape index (κ1) is 9.83. The minimum atomic E-state index is -0.177. The Hall–Kier alpha value is -1.26. The molecule has 1 atom stereocenters. The molecule has 1 saturated heterocycles. The molecule has 3 N–H and O–H groups in total. The molecule has 1 rings (SSSR count). The van der Waals surface area contributed by atoms with Crippen molar-refractivity contribution in [2.75, 3.05) is 13.1 Å². The summed E-state index contributed by atoms with van der Waals surface area (Å²) in [6, 6.07) is -0.0706. The SMILES string of the molecule is CCNC(=O)NCC1CCC(=O)N1. The first-order chi connectivity index (χ1) is 6.22. The van der Waals surface area contributed by atoms with Crippen LogP contribution in [0.25, 0.3) is 0 Å². The van der Waals surface area contributed by atoms with E-state index in [1.165, 1.54) is 0 Å². The zero-order chi connectivity index (χ0) is 9.68. The predicted molar refractivity (Wildman–Crippen MR) is 48.2 cm³/mol. The van der Waals surface area contributed by atoms with Crippen molar-refractivity contribution in [3.63, 3.8) is 0 Å². The summed E-state index contributed by atoms with van der Waals surface area (Å²) in [5.41, 5.74) is 0. The molecule has 1 aliphatic rings. The second kappa shape index (κ2) is 4.69. The standard InChI is InChI=1S/C8H15N3O2/c1-2-9-8(13)10-5-6-3-4-7(12)11-6/h6H,2-5H2,1H3,(H,11,12)(H2,9,10,13). The number of hydrogen-bond donors (Lipinski definition) is 3. The number of nitrogens with one attached hydrogen (secondary N) is 3. The van der Waals surface area contributed by atoms with E-state index in [4.69, 9.17) is 0 Å². The fourth-order valence-electron chi connectivity index (χ4n) is 1.27. The van der Waals surface area contributed by atoms with Gasteiger partial charge in [-0.15, -0.1) is 0 Å². The Balaban J connectivity index is 2.12. The third kappa shape index (κ3) is 3.31. The van der Waals surface area contributed by atoms with Crippen molar-refractivity contribution in [1.29, 1.82) is 0 Å². The predicted octanol–water partition coefficient (Wildman–Crippen LogP) is -0.416. The maximum Gasteiger partial charge on any atom is 0.314 e. The van der Waals surface area contributed by atoms with Gasteiger partial charge in [-0.05, 0) is 13.3 Å². The molecule has 0 aromatic rings. The molecular weight excluding hydrogens is 170 g/mol. The Bertz CT molecular complexity index is 206. The van der Waals surface area contributed by atoms with Crippen LogP contribution in [-0.4, -0.2) is 31.1 Å². The lowest BCUT2D eigenvalue weighted by molar-refractivity contribution is -0.119. The van der Waals surface area contributed by atoms with Crippen molar-refractivity contribution in [3.8, 4) is 0 Å². The van der Waals surface area contributed by atoms with Gasteiger partial charge in [0.15, 0.2) is 0 Å². The number of amides is 3. The van der Waals surface area contributed by atoms with Crippen LogP contribution in [0.15, 0.2) is 0 Å². The van der Waals surface area contributed by atoms with Crippen LogP contribution in [0.4, 0.5) is 4.79 Å². The van der Waals surface area contributed by atoms with Gasteiger partial charge >= 0.3 is 6.03 Å². The third-order valence-corrected chi connectivity index (χ3v) is 1.93. The lowest BCUT2D eigenvalue weighted by Crippen LogP contribution is -2.42. The second-order valence-electron chi connectivity index (χ2n) is 3.04. The van der Waals surface area contributed by atoms with E-state index < -0.39 is 0 Å². The topological polar surface area (TPSA) is 70.2 Å². The minimum absolute atomic E-state index is 0.0719. The molecule has 0 saturated carbocycles. The minimum Gasteiger partial charge on any atom is -0.352 e. The normalized spacial score (nSPS) is 21.0. The lowest BCUT2D eigenvalue weighted by atomic mass is 10.2. The van der Waals surface area contributed by atoms with E-state index in [9.17, 15) is 9.59 Å². The van der Waals surface area contributed by atoms with Crippen LogP contribution in [0.1, 0.15) is 19.8 Å². The summed E-state index contributed by atoms with van der Waals surface area (Å²) in [6.07, 6.45) is 1.38. The molecule has 1 heterocycles. The molecule has 1 fully saturated rings. The molecule has 3 amide bonds. The molecule has 0 spiro atoms. The van der Waals surface area contributed by atoms with Crippen LogP contribution in [0, 0.1) is 0 Å². The highest BCUT2D eigenvalue weighted by molar-refractivity contribution is 5.79. The fourth-order valence-corrected chi connectivity index (χ4v) is 1.27. The number of rotatable bonds is 3. The smallest absolute Gasteiger partial charge is 0.314 e. The molecule has 74 valence electrons. The molecule has 0 aromatic carbocycles. The molecule has 5 nitrogen and oxygen atoms in total. The van der Waals surface area contributed by atoms with Gasteiger partial charge in [-0.25, -0.2) is 4.79 Å². The van der Waals surface area contributed by atoms with Crippen LogP contribution in [0.3, 0.4) is 0 Å². The van der Waals surface area contributed by atoms with Crippen molar-refractivity contribution in [2.24, 2.45) is 0 Å². The zero-order valence-corrected chi connectivity index (χ0v) is 7.72. The fraction of sp³-hybridized carbons (Fsp3) is 0.750. The van der Waals surface area contributed by atoms with E-state index >= 15 is 0 Å². The lowest BCUT2D eigenvalue weighted by Gasteiger charge is -2.11. The number of urea groups is 1. The van der Waals surface area contributed by atoms with E-state index in [1.54, 1.807) is 0 Å². The van der Waals surface area contributed by atoms with Gasteiger partial charge in [0, 0.05) is 25.6 Å². The molecule has 1 unspecified atom stereocenters. The Morgan fingerprint density at radius 2 is 2.38 bits per heavy atom. The largest absolute Gasteiger partial charge is 0.352 e. The average molecular weight is 185 g/mol. The number of carbonyl (C=O) groups excluding carboxylic acids is 2. The van der Waals surface area contributed by atoms with E-state index in [0.717, 1.165) is 6.42 Å². The Morgan fingerprint density at radius 1 is 1.62 bits per heavy atom. The summed E-state index contributed by atoms with van der Waals surface area (Å²) in [6.45, 7) is 2.98. The van der Waals surface area contributed by atoms with Crippen molar-refractivity contribution < 1.29 is 9.59 Å². The summed E-state index contributed by atoms with van der Waals surface area (Å²) >= 11 is 0. The average Bonchev–Trinajstić information content (AvgIpc) is 2.49. The first-order valence-corrected chi connectivity index (χ1v) is 4.53. The summed E-state index contributed by atoms with van der Waals surface area (Å²) in [7, 11) is 0. The molecule has 0 aromatic heterocycles. The highest BCUT2D eigenvalue weighted by atomic mass is 16.2. The molecular formula is C8H15N3O2. The van der Waals surface area contributed by atoms with Crippen molar-refractivity contribution in [1.82, 2.24) is 16.0 Å². The second-order valence-corrected chi connectivity index (χ2v) is 3.04. The van der Waals surface area contributed by atoms with Gasteiger partial charge in [-0.3, -0.25) is 4.79 Å². The maximum absolute atomic E-state index is 10.9. The summed E-state index contributed by atoms with van der Waals surface area (Å²) in [5.74, 6) is 0.0719. The van der Waals surface area contributed by atoms with Gasteiger partial charge in [0.25, 0.3) is 0 Å². The summed E-state index contributed by atoms with van der Waals surface area (Å²) < 4.78 is 0. The van der Waals surface area contributed by atoms with Gasteiger partial charge in [0.2, 0.25) is 5.91 Å². The molecule has 0 bridgehead atoms. The highest BCUT2D eigenvalue weighted by Crippen LogP contribution is 2.04. The Kier molecular flexibility index (Phi) is 3.54. The quantitative estimate of drug-likeness (QED) is 0.559. The maximum atomic E-state index is 10.9. The molecule has 0 radical (unpaired) electrons. The molecule has 5 heteroatoms. The van der Waals surface area contributed by atoms with Gasteiger partial charge in [-0.1, -0.05) is 0 Å². The molecule has 13 heavy (non-hydrogen) atoms. The van der Waals surface area contributed by atoms with Crippen molar-refractivity contribution in [2.45, 2.75) is 25.8 Å². The van der Waals surface area contributed by atoms with Crippen LogP contribution >= 0.6 is 0 Å². The number of carbonyl (C=O) groups is 2. The van der Waals surface area contributed by atoms with Crippen LogP contribution < -0.4 is 16.0 Å². The Morgan fingerprint density at radius 3 is 2.92 bits per heavy atom. The monoisotopic (exact) mass is 185 g/mol. The number of hydrogen-bond acceptors (Lipinski definition) is 2. The summed E-state index contributed by atoms with van der Waals surface area (Å²) in [4.78, 5) is 21.7. The zero-order valence-electron chi connectivity index (χ0n) is 7.72. The Labute approximate surface area is 77.3 Å². The summed E-state index contributed by atoms with van der Waals surface area (Å²) in [5, 5.41) is 8.07. The van der Waals surface area contributed by atoms with Gasteiger partial charge < -0.3 is 16.0 Å². The van der Waals surface area contributed by atoms with E-state index in [0.29, 0.717) is 19.5 Å². The van der Waals surface area contributed by atoms with E-state index in [2.05, 4.69) is 16.0 Å². The van der Waals surface area contributed by atoms with E-state index in [1.807, 2.05) is 6.92 Å². The van der Waals surface area contributed by atoms with Crippen molar-refractivity contribution >= 4 is 11.9 Å². The van der Waals surface area contributed by atoms with E-state index in [-0.39, 0.29) is 18.0 Å². The molecule has 1 aliphatic heterocycles. The van der Waals surface area contributed by atoms with Gasteiger partial charge in [0.05, 0.1) is 0 Å². The van der Waals surface area contributed by atoms with Crippen LogP contribution in [-0.2, 0) is 4.79 Å². The third-order valence-electron chi connectivity index (χ3n) is 1.93. The highest BCUT2D eigenvalue weighted by Gasteiger charge is 2.20. The molecule has 0 aliphatic carbocycles. The first-order valence-electron chi connectivity index (χ1n) is 4.53.